The number of methoxy groups -OCH3 is 1. The van der Waals surface area contributed by atoms with E-state index in [0.717, 1.165) is 17.7 Å². The fourth-order valence-corrected chi connectivity index (χ4v) is 3.07. The number of hydrogen-bond acceptors (Lipinski definition) is 3. The van der Waals surface area contributed by atoms with Gasteiger partial charge in [0.15, 0.2) is 0 Å². The molecule has 1 heterocycles. The number of nitrogens with one attached hydrogen (secondary N) is 1. The molecule has 29 heavy (non-hydrogen) atoms. The van der Waals surface area contributed by atoms with E-state index in [2.05, 4.69) is 10.3 Å². The van der Waals surface area contributed by atoms with Gasteiger partial charge in [0.05, 0.1) is 23.9 Å². The van der Waals surface area contributed by atoms with Gasteiger partial charge in [0.25, 0.3) is 5.91 Å². The molecule has 0 aliphatic heterocycles. The summed E-state index contributed by atoms with van der Waals surface area (Å²) in [5.41, 5.74) is 1.72. The number of fused-ring (bicyclic) bond motifs is 1. The van der Waals surface area contributed by atoms with Crippen molar-refractivity contribution in [2.75, 3.05) is 12.4 Å². The number of ether oxygens (including phenoxy) is 1. The molecule has 0 atom stereocenters. The summed E-state index contributed by atoms with van der Waals surface area (Å²) >= 11 is 0. The minimum atomic E-state index is -0.841. The Labute approximate surface area is 165 Å². The molecule has 0 saturated carbocycles. The van der Waals surface area contributed by atoms with Crippen LogP contribution in [0.5, 0.6) is 5.75 Å². The van der Waals surface area contributed by atoms with Crippen LogP contribution in [-0.4, -0.2) is 18.0 Å². The average Bonchev–Trinajstić information content (AvgIpc) is 2.75. The average molecular weight is 390 g/mol. The zero-order chi connectivity index (χ0) is 20.4. The van der Waals surface area contributed by atoms with Crippen LogP contribution in [0.25, 0.3) is 22.2 Å². The van der Waals surface area contributed by atoms with Crippen molar-refractivity contribution >= 4 is 22.5 Å². The fraction of sp³-hybridized carbons (Fsp3) is 0.0435. The number of amides is 1. The normalized spacial score (nSPS) is 10.7. The van der Waals surface area contributed by atoms with Gasteiger partial charge < -0.3 is 10.1 Å². The summed E-state index contributed by atoms with van der Waals surface area (Å²) in [7, 11) is 1.58. The maximum absolute atomic E-state index is 14.0. The lowest BCUT2D eigenvalue weighted by molar-refractivity contribution is 0.102. The van der Waals surface area contributed by atoms with Gasteiger partial charge in [-0.05, 0) is 48.5 Å². The SMILES string of the molecule is COc1ccc(-c2cc(C(=O)Nc3c(F)cccc3F)c3ccccc3n2)cc1. The van der Waals surface area contributed by atoms with E-state index in [-0.39, 0.29) is 5.56 Å². The molecular weight excluding hydrogens is 374 g/mol. The number of anilines is 1. The Morgan fingerprint density at radius 2 is 1.62 bits per heavy atom. The number of para-hydroxylation sites is 2. The molecule has 0 unspecified atom stereocenters. The largest absolute Gasteiger partial charge is 0.497 e. The molecule has 144 valence electrons. The molecule has 0 spiro atoms. The lowest BCUT2D eigenvalue weighted by Gasteiger charge is -2.12. The molecule has 4 rings (SSSR count). The highest BCUT2D eigenvalue weighted by Crippen LogP contribution is 2.27. The number of carbonyl (C=O) groups is 1. The molecule has 0 aliphatic rings. The first-order valence-electron chi connectivity index (χ1n) is 8.86. The first-order valence-corrected chi connectivity index (χ1v) is 8.86. The van der Waals surface area contributed by atoms with Gasteiger partial charge >= 0.3 is 0 Å². The maximum Gasteiger partial charge on any atom is 0.256 e. The molecule has 6 heteroatoms. The molecule has 4 nitrogen and oxygen atoms in total. The molecule has 0 bridgehead atoms. The first-order chi connectivity index (χ1) is 14.1. The van der Waals surface area contributed by atoms with Gasteiger partial charge in [0.1, 0.15) is 23.1 Å². The molecule has 0 saturated heterocycles. The maximum atomic E-state index is 14.0. The van der Waals surface area contributed by atoms with Crippen LogP contribution in [0, 0.1) is 11.6 Å². The molecule has 1 amide bonds. The van der Waals surface area contributed by atoms with Crippen molar-refractivity contribution in [2.45, 2.75) is 0 Å². The minimum Gasteiger partial charge on any atom is -0.497 e. The number of aromatic nitrogens is 1. The quantitative estimate of drug-likeness (QED) is 0.505. The minimum absolute atomic E-state index is 0.268. The highest BCUT2D eigenvalue weighted by atomic mass is 19.1. The molecule has 4 aromatic rings. The van der Waals surface area contributed by atoms with Crippen LogP contribution in [-0.2, 0) is 0 Å². The number of benzene rings is 3. The predicted molar refractivity (Wildman–Crippen MR) is 108 cm³/mol. The third-order valence-electron chi connectivity index (χ3n) is 4.55. The third kappa shape index (κ3) is 3.65. The van der Waals surface area contributed by atoms with Crippen molar-refractivity contribution in [1.29, 1.82) is 0 Å². The first kappa shape index (κ1) is 18.6. The Hall–Kier alpha value is -3.80. The van der Waals surface area contributed by atoms with E-state index < -0.39 is 23.2 Å². The van der Waals surface area contributed by atoms with Crippen molar-refractivity contribution in [1.82, 2.24) is 4.98 Å². The van der Waals surface area contributed by atoms with E-state index in [1.54, 1.807) is 43.5 Å². The second-order valence-electron chi connectivity index (χ2n) is 6.35. The van der Waals surface area contributed by atoms with Gasteiger partial charge in [-0.3, -0.25) is 4.79 Å². The summed E-state index contributed by atoms with van der Waals surface area (Å²) < 4.78 is 33.1. The van der Waals surface area contributed by atoms with E-state index in [4.69, 9.17) is 4.74 Å². The summed E-state index contributed by atoms with van der Waals surface area (Å²) in [6, 6.07) is 19.4. The summed E-state index contributed by atoms with van der Waals surface area (Å²) in [5.74, 6) is -1.61. The number of hydrogen-bond donors (Lipinski definition) is 1. The number of rotatable bonds is 4. The van der Waals surface area contributed by atoms with Crippen molar-refractivity contribution in [3.05, 3.63) is 90.0 Å². The molecule has 3 aromatic carbocycles. The van der Waals surface area contributed by atoms with Crippen LogP contribution in [0.3, 0.4) is 0 Å². The molecule has 0 radical (unpaired) electrons. The number of halogens is 2. The van der Waals surface area contributed by atoms with E-state index in [1.165, 1.54) is 6.07 Å². The summed E-state index contributed by atoms with van der Waals surface area (Å²) in [6.07, 6.45) is 0. The Kier molecular flexibility index (Phi) is 4.91. The van der Waals surface area contributed by atoms with Crippen LogP contribution in [0.4, 0.5) is 14.5 Å². The van der Waals surface area contributed by atoms with Gasteiger partial charge in [-0.15, -0.1) is 0 Å². The number of nitrogens with zero attached hydrogens (tertiary/aromatic N) is 1. The zero-order valence-corrected chi connectivity index (χ0v) is 15.4. The Bertz CT molecular complexity index is 1190. The smallest absolute Gasteiger partial charge is 0.256 e. The van der Waals surface area contributed by atoms with Crippen molar-refractivity contribution in [3.63, 3.8) is 0 Å². The molecule has 0 fully saturated rings. The predicted octanol–water partition coefficient (Wildman–Crippen LogP) is 5.44. The van der Waals surface area contributed by atoms with Gasteiger partial charge in [0.2, 0.25) is 0 Å². The lowest BCUT2D eigenvalue weighted by Crippen LogP contribution is -2.15. The van der Waals surface area contributed by atoms with Gasteiger partial charge in [-0.2, -0.15) is 0 Å². The molecule has 1 aromatic heterocycles. The van der Waals surface area contributed by atoms with Gasteiger partial charge in [-0.25, -0.2) is 13.8 Å². The standard InChI is InChI=1S/C23H16F2N2O2/c1-29-15-11-9-14(10-12-15)21-13-17(16-5-2-3-8-20(16)26-21)23(28)27-22-18(24)6-4-7-19(22)25/h2-13H,1H3,(H,27,28). The zero-order valence-electron chi connectivity index (χ0n) is 15.4. The third-order valence-corrected chi connectivity index (χ3v) is 4.55. The van der Waals surface area contributed by atoms with Crippen molar-refractivity contribution in [2.24, 2.45) is 0 Å². The molecule has 1 N–H and O–H groups in total. The van der Waals surface area contributed by atoms with Crippen molar-refractivity contribution in [3.8, 4) is 17.0 Å². The van der Waals surface area contributed by atoms with E-state index in [1.807, 2.05) is 18.2 Å². The van der Waals surface area contributed by atoms with E-state index in [0.29, 0.717) is 22.3 Å². The van der Waals surface area contributed by atoms with E-state index >= 15 is 0 Å². The highest BCUT2D eigenvalue weighted by molar-refractivity contribution is 6.13. The summed E-state index contributed by atoms with van der Waals surface area (Å²) in [5, 5.41) is 2.93. The van der Waals surface area contributed by atoms with Crippen molar-refractivity contribution < 1.29 is 18.3 Å². The Balaban J connectivity index is 1.81. The van der Waals surface area contributed by atoms with Crippen LogP contribution in [0.2, 0.25) is 0 Å². The van der Waals surface area contributed by atoms with Crippen LogP contribution >= 0.6 is 0 Å². The van der Waals surface area contributed by atoms with Crippen LogP contribution < -0.4 is 10.1 Å². The van der Waals surface area contributed by atoms with Gasteiger partial charge in [0, 0.05) is 10.9 Å². The van der Waals surface area contributed by atoms with Gasteiger partial charge in [-0.1, -0.05) is 24.3 Å². The lowest BCUT2D eigenvalue weighted by atomic mass is 10.0. The topological polar surface area (TPSA) is 51.2 Å². The van der Waals surface area contributed by atoms with Crippen LogP contribution in [0.15, 0.2) is 72.8 Å². The molecule has 0 aliphatic carbocycles. The van der Waals surface area contributed by atoms with Crippen LogP contribution in [0.1, 0.15) is 10.4 Å². The number of carbonyl (C=O) groups excluding carboxylic acids is 1. The second-order valence-corrected chi connectivity index (χ2v) is 6.35. The summed E-state index contributed by atoms with van der Waals surface area (Å²) in [4.78, 5) is 17.5. The molecular formula is C23H16F2N2O2. The fourth-order valence-electron chi connectivity index (χ4n) is 3.07. The monoisotopic (exact) mass is 390 g/mol. The Morgan fingerprint density at radius 3 is 2.31 bits per heavy atom. The number of pyridine rings is 1. The Morgan fingerprint density at radius 1 is 0.931 bits per heavy atom. The summed E-state index contributed by atoms with van der Waals surface area (Å²) in [6.45, 7) is 0. The second kappa shape index (κ2) is 7.67. The highest BCUT2D eigenvalue weighted by Gasteiger charge is 2.17. The van der Waals surface area contributed by atoms with E-state index in [9.17, 15) is 13.6 Å².